The van der Waals surface area contributed by atoms with Crippen LogP contribution in [0.4, 0.5) is 5.69 Å². The van der Waals surface area contributed by atoms with Crippen molar-refractivity contribution < 1.29 is 4.42 Å². The molecule has 0 radical (unpaired) electrons. The van der Waals surface area contributed by atoms with Gasteiger partial charge in [0.1, 0.15) is 11.5 Å². The molecule has 0 atom stereocenters. The van der Waals surface area contributed by atoms with Crippen LogP contribution in [-0.4, -0.2) is 19.6 Å². The molecule has 0 aliphatic heterocycles. The summed E-state index contributed by atoms with van der Waals surface area (Å²) in [6.07, 6.45) is 3.37. The second-order valence-electron chi connectivity index (χ2n) is 5.50. The van der Waals surface area contributed by atoms with E-state index in [2.05, 4.69) is 20.4 Å². The standard InChI is InChI=1S/C17H13Cl2N5O/c1-10-20-9-16-24(10)23-17(25-16)15-5-3-12(8-22-15)21-7-11-2-4-13(18)14(19)6-11/h2-6,8-9,21H,7H2,1H3. The molecule has 0 amide bonds. The molecule has 0 aliphatic carbocycles. The fourth-order valence-electron chi connectivity index (χ4n) is 2.40. The summed E-state index contributed by atoms with van der Waals surface area (Å²) in [6, 6.07) is 9.32. The number of aromatic nitrogens is 4. The Bertz CT molecular complexity index is 1040. The Morgan fingerprint density at radius 1 is 1.08 bits per heavy atom. The highest BCUT2D eigenvalue weighted by Gasteiger charge is 2.11. The Morgan fingerprint density at radius 2 is 1.96 bits per heavy atom. The van der Waals surface area contributed by atoms with Crippen molar-refractivity contribution in [2.75, 3.05) is 5.32 Å². The first-order chi connectivity index (χ1) is 12.1. The van der Waals surface area contributed by atoms with Gasteiger partial charge in [0.05, 0.1) is 28.1 Å². The maximum absolute atomic E-state index is 6.02. The summed E-state index contributed by atoms with van der Waals surface area (Å²) in [4.78, 5) is 8.53. The molecular weight excluding hydrogens is 361 g/mol. The van der Waals surface area contributed by atoms with E-state index in [4.69, 9.17) is 27.6 Å². The molecule has 0 unspecified atom stereocenters. The second kappa shape index (κ2) is 6.38. The summed E-state index contributed by atoms with van der Waals surface area (Å²) in [5.41, 5.74) is 3.16. The Kier molecular flexibility index (Phi) is 4.07. The molecule has 3 aromatic heterocycles. The fraction of sp³-hybridized carbons (Fsp3) is 0.118. The molecule has 4 rings (SSSR count). The predicted octanol–water partition coefficient (Wildman–Crippen LogP) is 4.61. The fourth-order valence-corrected chi connectivity index (χ4v) is 2.72. The van der Waals surface area contributed by atoms with Crippen LogP contribution in [0.5, 0.6) is 0 Å². The molecule has 126 valence electrons. The van der Waals surface area contributed by atoms with Gasteiger partial charge in [0.25, 0.3) is 5.89 Å². The number of benzene rings is 1. The number of halogens is 2. The van der Waals surface area contributed by atoms with Crippen LogP contribution >= 0.6 is 23.2 Å². The first kappa shape index (κ1) is 15.9. The SMILES string of the molecule is Cc1ncc2oc(-c3ccc(NCc4ccc(Cl)c(Cl)c4)cn3)nn12. The second-order valence-corrected chi connectivity index (χ2v) is 6.31. The van der Waals surface area contributed by atoms with Gasteiger partial charge in [-0.25, -0.2) is 9.97 Å². The van der Waals surface area contributed by atoms with E-state index in [0.717, 1.165) is 17.1 Å². The van der Waals surface area contributed by atoms with Crippen molar-refractivity contribution in [3.05, 3.63) is 64.2 Å². The molecule has 4 aromatic rings. The maximum Gasteiger partial charge on any atom is 0.264 e. The van der Waals surface area contributed by atoms with Gasteiger partial charge in [0.15, 0.2) is 0 Å². The van der Waals surface area contributed by atoms with Crippen molar-refractivity contribution >= 4 is 34.6 Å². The first-order valence-electron chi connectivity index (χ1n) is 7.55. The third-order valence-corrected chi connectivity index (χ3v) is 4.47. The summed E-state index contributed by atoms with van der Waals surface area (Å²) < 4.78 is 7.29. The molecule has 8 heteroatoms. The Labute approximate surface area is 153 Å². The van der Waals surface area contributed by atoms with Gasteiger partial charge in [-0.15, -0.1) is 5.10 Å². The number of imidazole rings is 1. The van der Waals surface area contributed by atoms with Gasteiger partial charge >= 0.3 is 0 Å². The van der Waals surface area contributed by atoms with Crippen LogP contribution in [0.2, 0.25) is 10.0 Å². The Hall–Kier alpha value is -2.57. The minimum Gasteiger partial charge on any atom is -0.415 e. The van der Waals surface area contributed by atoms with Gasteiger partial charge in [0.2, 0.25) is 5.71 Å². The summed E-state index contributed by atoms with van der Waals surface area (Å²) in [5.74, 6) is 1.22. The number of hydrogen-bond donors (Lipinski definition) is 1. The third kappa shape index (κ3) is 3.18. The highest BCUT2D eigenvalue weighted by atomic mass is 35.5. The van der Waals surface area contributed by atoms with Crippen LogP contribution < -0.4 is 5.32 Å². The van der Waals surface area contributed by atoms with Gasteiger partial charge in [-0.3, -0.25) is 0 Å². The lowest BCUT2D eigenvalue weighted by Crippen LogP contribution is -2.00. The van der Waals surface area contributed by atoms with Crippen molar-refractivity contribution in [2.24, 2.45) is 0 Å². The number of aryl methyl sites for hydroxylation is 1. The normalized spacial score (nSPS) is 11.2. The van der Waals surface area contributed by atoms with Crippen LogP contribution in [0.15, 0.2) is 47.1 Å². The molecule has 0 spiro atoms. The zero-order valence-electron chi connectivity index (χ0n) is 13.2. The maximum atomic E-state index is 6.02. The quantitative estimate of drug-likeness (QED) is 0.565. The largest absolute Gasteiger partial charge is 0.415 e. The summed E-state index contributed by atoms with van der Waals surface area (Å²) in [6.45, 7) is 2.48. The van der Waals surface area contributed by atoms with Gasteiger partial charge in [-0.05, 0) is 36.8 Å². The van der Waals surface area contributed by atoms with Crippen LogP contribution in [-0.2, 0) is 6.54 Å². The van der Waals surface area contributed by atoms with E-state index in [1.54, 1.807) is 23.0 Å². The molecule has 3 heterocycles. The van der Waals surface area contributed by atoms with Crippen LogP contribution in [0.25, 0.3) is 17.3 Å². The number of hydrogen-bond acceptors (Lipinski definition) is 5. The van der Waals surface area contributed by atoms with E-state index in [0.29, 0.717) is 33.9 Å². The van der Waals surface area contributed by atoms with Crippen molar-refractivity contribution in [3.63, 3.8) is 0 Å². The number of nitrogens with zero attached hydrogens (tertiary/aromatic N) is 4. The van der Waals surface area contributed by atoms with Crippen molar-refractivity contribution in [1.82, 2.24) is 19.6 Å². The topological polar surface area (TPSA) is 68.2 Å². The highest BCUT2D eigenvalue weighted by Crippen LogP contribution is 2.23. The molecule has 6 nitrogen and oxygen atoms in total. The summed E-state index contributed by atoms with van der Waals surface area (Å²) in [7, 11) is 0. The third-order valence-electron chi connectivity index (χ3n) is 3.73. The lowest BCUT2D eigenvalue weighted by Gasteiger charge is -2.07. The molecule has 1 N–H and O–H groups in total. The molecular formula is C17H13Cl2N5O. The van der Waals surface area contributed by atoms with Gasteiger partial charge in [-0.2, -0.15) is 4.52 Å². The molecule has 0 bridgehead atoms. The Morgan fingerprint density at radius 3 is 2.68 bits per heavy atom. The zero-order chi connectivity index (χ0) is 17.4. The number of nitrogens with one attached hydrogen (secondary N) is 1. The molecule has 25 heavy (non-hydrogen) atoms. The van der Waals surface area contributed by atoms with Gasteiger partial charge < -0.3 is 9.73 Å². The predicted molar refractivity (Wildman–Crippen MR) is 97.0 cm³/mol. The number of rotatable bonds is 4. The highest BCUT2D eigenvalue weighted by molar-refractivity contribution is 6.42. The molecule has 1 aromatic carbocycles. The van der Waals surface area contributed by atoms with E-state index in [1.165, 1.54) is 0 Å². The van der Waals surface area contributed by atoms with Crippen molar-refractivity contribution in [2.45, 2.75) is 13.5 Å². The molecule has 0 fully saturated rings. The average Bonchev–Trinajstić information content (AvgIpc) is 3.19. The first-order valence-corrected chi connectivity index (χ1v) is 8.31. The minimum absolute atomic E-state index is 0.455. The lowest BCUT2D eigenvalue weighted by atomic mass is 10.2. The van der Waals surface area contributed by atoms with Crippen molar-refractivity contribution in [1.29, 1.82) is 0 Å². The van der Waals surface area contributed by atoms with E-state index in [-0.39, 0.29) is 0 Å². The van der Waals surface area contributed by atoms with E-state index < -0.39 is 0 Å². The lowest BCUT2D eigenvalue weighted by molar-refractivity contribution is 0.614. The zero-order valence-corrected chi connectivity index (χ0v) is 14.7. The minimum atomic E-state index is 0.455. The number of fused-ring (bicyclic) bond motifs is 1. The van der Waals surface area contributed by atoms with Gasteiger partial charge in [-0.1, -0.05) is 29.3 Å². The van der Waals surface area contributed by atoms with E-state index in [1.807, 2.05) is 31.2 Å². The van der Waals surface area contributed by atoms with Crippen LogP contribution in [0.1, 0.15) is 11.4 Å². The summed E-state index contributed by atoms with van der Waals surface area (Å²) in [5, 5.41) is 8.73. The van der Waals surface area contributed by atoms with Crippen molar-refractivity contribution in [3.8, 4) is 11.6 Å². The smallest absolute Gasteiger partial charge is 0.264 e. The van der Waals surface area contributed by atoms with E-state index in [9.17, 15) is 0 Å². The average molecular weight is 374 g/mol. The van der Waals surface area contributed by atoms with Gasteiger partial charge in [0, 0.05) is 6.54 Å². The number of pyridine rings is 1. The van der Waals surface area contributed by atoms with E-state index >= 15 is 0 Å². The number of anilines is 1. The molecule has 0 saturated carbocycles. The monoisotopic (exact) mass is 373 g/mol. The van der Waals surface area contributed by atoms with Crippen LogP contribution in [0.3, 0.4) is 0 Å². The summed E-state index contributed by atoms with van der Waals surface area (Å²) >= 11 is 11.9. The Balaban J connectivity index is 1.48. The molecule has 0 saturated heterocycles. The molecule has 0 aliphatic rings. The van der Waals surface area contributed by atoms with Crippen LogP contribution in [0, 0.1) is 6.92 Å².